The topological polar surface area (TPSA) is 69.6 Å². The lowest BCUT2D eigenvalue weighted by atomic mass is 9.84. The maximum atomic E-state index is 11.1. The molecule has 1 fully saturated rings. The van der Waals surface area contributed by atoms with E-state index in [2.05, 4.69) is 5.32 Å². The van der Waals surface area contributed by atoms with E-state index in [-0.39, 0.29) is 0 Å². The fourth-order valence-electron chi connectivity index (χ4n) is 2.44. The Bertz CT molecular complexity index is 247. The minimum absolute atomic E-state index is 0.338. The lowest BCUT2D eigenvalue weighted by Gasteiger charge is -2.33. The molecule has 1 aliphatic rings. The molecule has 17 heavy (non-hydrogen) atoms. The normalized spacial score (nSPS) is 21.4. The predicted molar refractivity (Wildman–Crippen MR) is 66.9 cm³/mol. The third kappa shape index (κ3) is 5.04. The van der Waals surface area contributed by atoms with Crippen LogP contribution < -0.4 is 5.32 Å². The van der Waals surface area contributed by atoms with Crippen molar-refractivity contribution in [3.05, 3.63) is 0 Å². The number of rotatable bonds is 6. The van der Waals surface area contributed by atoms with Gasteiger partial charge in [-0.05, 0) is 25.2 Å². The van der Waals surface area contributed by atoms with Gasteiger partial charge >= 0.3 is 5.97 Å². The van der Waals surface area contributed by atoms with Gasteiger partial charge in [0.1, 0.15) is 6.04 Å². The summed E-state index contributed by atoms with van der Waals surface area (Å²) < 4.78 is 0. The van der Waals surface area contributed by atoms with Crippen LogP contribution in [0.3, 0.4) is 0 Å². The first-order valence-corrected chi connectivity index (χ1v) is 6.61. The molecule has 1 aliphatic carbocycles. The molecule has 0 spiro atoms. The van der Waals surface area contributed by atoms with Gasteiger partial charge in [-0.3, -0.25) is 4.79 Å². The number of hydrogen-bond donors (Lipinski definition) is 3. The van der Waals surface area contributed by atoms with E-state index in [9.17, 15) is 9.90 Å². The Morgan fingerprint density at radius 3 is 2.35 bits per heavy atom. The molecule has 0 aromatic carbocycles. The zero-order valence-electron chi connectivity index (χ0n) is 10.9. The maximum absolute atomic E-state index is 11.1. The van der Waals surface area contributed by atoms with Crippen LogP contribution in [0.4, 0.5) is 0 Å². The molecule has 1 rings (SSSR count). The molecule has 0 aromatic heterocycles. The summed E-state index contributed by atoms with van der Waals surface area (Å²) in [6, 6.07) is -0.541. The first-order chi connectivity index (χ1) is 7.93. The van der Waals surface area contributed by atoms with Gasteiger partial charge in [-0.15, -0.1) is 0 Å². The van der Waals surface area contributed by atoms with Crippen molar-refractivity contribution in [2.24, 2.45) is 5.92 Å². The molecule has 1 unspecified atom stereocenters. The van der Waals surface area contributed by atoms with E-state index in [0.717, 1.165) is 25.7 Å². The number of hydrogen-bond acceptors (Lipinski definition) is 3. The number of aliphatic hydroxyl groups is 1. The van der Waals surface area contributed by atoms with Gasteiger partial charge in [0.2, 0.25) is 0 Å². The van der Waals surface area contributed by atoms with E-state index in [1.807, 2.05) is 13.8 Å². The maximum Gasteiger partial charge on any atom is 0.320 e. The number of nitrogens with one attached hydrogen (secondary N) is 1. The quantitative estimate of drug-likeness (QED) is 0.665. The van der Waals surface area contributed by atoms with Crippen LogP contribution >= 0.6 is 0 Å². The van der Waals surface area contributed by atoms with E-state index in [1.165, 1.54) is 6.42 Å². The largest absolute Gasteiger partial charge is 0.480 e. The van der Waals surface area contributed by atoms with Crippen LogP contribution in [0.15, 0.2) is 0 Å². The number of carbonyl (C=O) groups is 1. The molecule has 1 saturated carbocycles. The van der Waals surface area contributed by atoms with Crippen molar-refractivity contribution in [1.29, 1.82) is 0 Å². The van der Waals surface area contributed by atoms with Gasteiger partial charge in [-0.25, -0.2) is 0 Å². The minimum atomic E-state index is -0.821. The summed E-state index contributed by atoms with van der Waals surface area (Å²) in [5.41, 5.74) is -0.692. The summed E-state index contributed by atoms with van der Waals surface area (Å²) in [5.74, 6) is -0.484. The van der Waals surface area contributed by atoms with Crippen LogP contribution in [0.2, 0.25) is 0 Å². The van der Waals surface area contributed by atoms with Gasteiger partial charge in [0, 0.05) is 6.54 Å². The standard InChI is InChI=1S/C13H25NO3/c1-10(2)8-11(12(15)16)14-9-13(17)6-4-3-5-7-13/h10-11,14,17H,3-9H2,1-2H3,(H,15,16). The Balaban J connectivity index is 2.42. The first-order valence-electron chi connectivity index (χ1n) is 6.61. The summed E-state index contributed by atoms with van der Waals surface area (Å²) >= 11 is 0. The highest BCUT2D eigenvalue weighted by molar-refractivity contribution is 5.73. The predicted octanol–water partition coefficient (Wildman–Crippen LogP) is 1.77. The average molecular weight is 243 g/mol. The number of carboxylic acid groups (broad SMARTS) is 1. The molecule has 0 saturated heterocycles. The van der Waals surface area contributed by atoms with Crippen LogP contribution in [0.25, 0.3) is 0 Å². The highest BCUT2D eigenvalue weighted by Gasteiger charge is 2.30. The fourth-order valence-corrected chi connectivity index (χ4v) is 2.44. The molecule has 0 aliphatic heterocycles. The van der Waals surface area contributed by atoms with E-state index in [4.69, 9.17) is 5.11 Å². The first kappa shape index (κ1) is 14.5. The van der Waals surface area contributed by atoms with E-state index >= 15 is 0 Å². The SMILES string of the molecule is CC(C)CC(NCC1(O)CCCCC1)C(=O)O. The fraction of sp³-hybridized carbons (Fsp3) is 0.923. The van der Waals surface area contributed by atoms with Gasteiger partial charge < -0.3 is 15.5 Å². The molecular weight excluding hydrogens is 218 g/mol. The van der Waals surface area contributed by atoms with Gasteiger partial charge in [-0.2, -0.15) is 0 Å². The summed E-state index contributed by atoms with van der Waals surface area (Å²) in [7, 11) is 0. The number of carboxylic acids is 1. The summed E-state index contributed by atoms with van der Waals surface area (Å²) in [6.07, 6.45) is 5.43. The summed E-state index contributed by atoms with van der Waals surface area (Å²) in [5, 5.41) is 22.4. The molecule has 0 radical (unpaired) electrons. The molecule has 3 N–H and O–H groups in total. The van der Waals surface area contributed by atoms with Crippen molar-refractivity contribution in [2.75, 3.05) is 6.54 Å². The molecule has 4 nitrogen and oxygen atoms in total. The van der Waals surface area contributed by atoms with Crippen LogP contribution in [0.5, 0.6) is 0 Å². The van der Waals surface area contributed by atoms with Crippen molar-refractivity contribution in [2.45, 2.75) is 64.0 Å². The smallest absolute Gasteiger partial charge is 0.320 e. The van der Waals surface area contributed by atoms with Crippen LogP contribution in [0, 0.1) is 5.92 Å². The van der Waals surface area contributed by atoms with E-state index < -0.39 is 17.6 Å². The second-order valence-electron chi connectivity index (χ2n) is 5.69. The highest BCUT2D eigenvalue weighted by Crippen LogP contribution is 2.27. The monoisotopic (exact) mass is 243 g/mol. The Morgan fingerprint density at radius 1 is 1.29 bits per heavy atom. The Kier molecular flexibility index (Phi) is 5.40. The van der Waals surface area contributed by atoms with E-state index in [1.54, 1.807) is 0 Å². The van der Waals surface area contributed by atoms with Gasteiger partial charge in [-0.1, -0.05) is 33.1 Å². The van der Waals surface area contributed by atoms with Crippen LogP contribution in [-0.4, -0.2) is 34.4 Å². The van der Waals surface area contributed by atoms with Gasteiger partial charge in [0.05, 0.1) is 5.60 Å². The molecule has 0 heterocycles. The average Bonchev–Trinajstić information content (AvgIpc) is 2.24. The molecule has 100 valence electrons. The van der Waals surface area contributed by atoms with Crippen molar-refractivity contribution in [1.82, 2.24) is 5.32 Å². The van der Waals surface area contributed by atoms with Crippen LogP contribution in [-0.2, 0) is 4.79 Å². The Hall–Kier alpha value is -0.610. The second kappa shape index (κ2) is 6.36. The second-order valence-corrected chi connectivity index (χ2v) is 5.69. The van der Waals surface area contributed by atoms with Crippen molar-refractivity contribution in [3.63, 3.8) is 0 Å². The molecule has 0 bridgehead atoms. The lowest BCUT2D eigenvalue weighted by molar-refractivity contribution is -0.140. The van der Waals surface area contributed by atoms with E-state index in [0.29, 0.717) is 18.9 Å². The van der Waals surface area contributed by atoms with Crippen molar-refractivity contribution < 1.29 is 15.0 Å². The molecule has 1 atom stereocenters. The highest BCUT2D eigenvalue weighted by atomic mass is 16.4. The zero-order valence-corrected chi connectivity index (χ0v) is 10.9. The minimum Gasteiger partial charge on any atom is -0.480 e. The van der Waals surface area contributed by atoms with Crippen molar-refractivity contribution >= 4 is 5.97 Å². The third-order valence-electron chi connectivity index (χ3n) is 3.47. The Labute approximate surface area is 103 Å². The van der Waals surface area contributed by atoms with Gasteiger partial charge in [0.25, 0.3) is 0 Å². The Morgan fingerprint density at radius 2 is 1.88 bits per heavy atom. The molecule has 0 amide bonds. The van der Waals surface area contributed by atoms with Crippen LogP contribution in [0.1, 0.15) is 52.4 Å². The molecular formula is C13H25NO3. The number of aliphatic carboxylic acids is 1. The summed E-state index contributed by atoms with van der Waals surface area (Å²) in [6.45, 7) is 4.41. The molecule has 0 aromatic rings. The summed E-state index contributed by atoms with van der Waals surface area (Å²) in [4.78, 5) is 11.1. The third-order valence-corrected chi connectivity index (χ3v) is 3.47. The van der Waals surface area contributed by atoms with Crippen molar-refractivity contribution in [3.8, 4) is 0 Å². The van der Waals surface area contributed by atoms with Gasteiger partial charge in [0.15, 0.2) is 0 Å². The molecule has 4 heteroatoms. The lowest BCUT2D eigenvalue weighted by Crippen LogP contribution is -2.48. The zero-order chi connectivity index (χ0) is 12.9.